The van der Waals surface area contributed by atoms with Crippen molar-refractivity contribution in [3.63, 3.8) is 0 Å². The summed E-state index contributed by atoms with van der Waals surface area (Å²) >= 11 is 0. The summed E-state index contributed by atoms with van der Waals surface area (Å²) in [6.07, 6.45) is 2.61. The lowest BCUT2D eigenvalue weighted by atomic mass is 9.97. The molecular formula is C25H29N3O6S. The Kier molecular flexibility index (Phi) is 7.82. The highest BCUT2D eigenvalue weighted by Crippen LogP contribution is 2.22. The molecule has 2 amide bonds. The number of rotatable bonds is 7. The number of carbonyl (C=O) groups is 3. The molecule has 186 valence electrons. The third-order valence-electron chi connectivity index (χ3n) is 6.37. The van der Waals surface area contributed by atoms with Crippen molar-refractivity contribution in [3.8, 4) is 0 Å². The number of hydrogen-bond donors (Lipinski definition) is 1. The Morgan fingerprint density at radius 3 is 2.14 bits per heavy atom. The van der Waals surface area contributed by atoms with Gasteiger partial charge in [0, 0.05) is 37.4 Å². The van der Waals surface area contributed by atoms with Crippen LogP contribution in [0.3, 0.4) is 0 Å². The van der Waals surface area contributed by atoms with Crippen LogP contribution < -0.4 is 5.32 Å². The number of esters is 1. The zero-order valence-corrected chi connectivity index (χ0v) is 20.2. The van der Waals surface area contributed by atoms with E-state index in [2.05, 4.69) is 5.32 Å². The molecule has 2 aromatic rings. The molecule has 4 rings (SSSR count). The molecule has 2 aromatic carbocycles. The van der Waals surface area contributed by atoms with Crippen molar-refractivity contribution < 1.29 is 27.5 Å². The van der Waals surface area contributed by atoms with E-state index in [1.807, 2.05) is 18.2 Å². The molecule has 0 atom stereocenters. The maximum atomic E-state index is 12.6. The fraction of sp³-hybridized carbons (Fsp3) is 0.400. The minimum atomic E-state index is -3.55. The van der Waals surface area contributed by atoms with Crippen LogP contribution >= 0.6 is 0 Å². The summed E-state index contributed by atoms with van der Waals surface area (Å²) in [6, 6.07) is 14.7. The molecule has 0 saturated carbocycles. The van der Waals surface area contributed by atoms with E-state index in [1.165, 1.54) is 28.6 Å². The maximum Gasteiger partial charge on any atom is 0.321 e. The molecule has 0 spiro atoms. The van der Waals surface area contributed by atoms with Crippen molar-refractivity contribution in [2.24, 2.45) is 5.92 Å². The first kappa shape index (κ1) is 24.9. The second-order valence-corrected chi connectivity index (χ2v) is 10.7. The minimum absolute atomic E-state index is 0.149. The van der Waals surface area contributed by atoms with Crippen LogP contribution in [0.25, 0.3) is 0 Å². The van der Waals surface area contributed by atoms with E-state index < -0.39 is 28.4 Å². The van der Waals surface area contributed by atoms with E-state index in [0.29, 0.717) is 44.7 Å². The van der Waals surface area contributed by atoms with Crippen LogP contribution in [0.15, 0.2) is 59.5 Å². The molecule has 0 unspecified atom stereocenters. The molecular weight excluding hydrogens is 470 g/mol. The summed E-state index contributed by atoms with van der Waals surface area (Å²) < 4.78 is 31.9. The van der Waals surface area contributed by atoms with Gasteiger partial charge in [0.1, 0.15) is 0 Å². The number of ether oxygens (including phenoxy) is 1. The van der Waals surface area contributed by atoms with E-state index in [9.17, 15) is 22.8 Å². The Morgan fingerprint density at radius 1 is 0.886 bits per heavy atom. The van der Waals surface area contributed by atoms with Crippen molar-refractivity contribution in [1.82, 2.24) is 9.21 Å². The first-order valence-corrected chi connectivity index (χ1v) is 13.2. The summed E-state index contributed by atoms with van der Waals surface area (Å²) in [5.41, 5.74) is 0.991. The molecule has 9 nitrogen and oxygen atoms in total. The topological polar surface area (TPSA) is 113 Å². The molecule has 2 fully saturated rings. The number of ketones is 1. The Bertz CT molecular complexity index is 1150. The highest BCUT2D eigenvalue weighted by Gasteiger charge is 2.29. The first-order valence-electron chi connectivity index (χ1n) is 11.8. The number of nitrogens with zero attached hydrogens (tertiary/aromatic N) is 2. The fourth-order valence-electron chi connectivity index (χ4n) is 4.27. The summed E-state index contributed by atoms with van der Waals surface area (Å²) in [6.45, 7) is 1.44. The number of benzene rings is 2. The number of amides is 2. The van der Waals surface area contributed by atoms with Gasteiger partial charge in [-0.3, -0.25) is 9.59 Å². The number of para-hydroxylation sites is 1. The van der Waals surface area contributed by atoms with E-state index in [0.717, 1.165) is 12.8 Å². The summed E-state index contributed by atoms with van der Waals surface area (Å²) in [5.74, 6) is -1.24. The van der Waals surface area contributed by atoms with Crippen molar-refractivity contribution in [3.05, 3.63) is 60.2 Å². The van der Waals surface area contributed by atoms with Crippen LogP contribution in [0.4, 0.5) is 10.5 Å². The monoisotopic (exact) mass is 499 g/mol. The van der Waals surface area contributed by atoms with E-state index in [-0.39, 0.29) is 22.4 Å². The van der Waals surface area contributed by atoms with Gasteiger partial charge in [-0.1, -0.05) is 18.2 Å². The van der Waals surface area contributed by atoms with Gasteiger partial charge in [-0.15, -0.1) is 0 Å². The number of likely N-dealkylation sites (tertiary alicyclic amines) is 1. The van der Waals surface area contributed by atoms with Crippen molar-refractivity contribution in [2.45, 2.75) is 30.6 Å². The van der Waals surface area contributed by atoms with Gasteiger partial charge in [0.15, 0.2) is 12.4 Å². The largest absolute Gasteiger partial charge is 0.457 e. The predicted octanol–water partition coefficient (Wildman–Crippen LogP) is 3.14. The lowest BCUT2D eigenvalue weighted by molar-refractivity contribution is -0.148. The number of hydrogen-bond acceptors (Lipinski definition) is 6. The molecule has 2 aliphatic rings. The molecule has 2 aliphatic heterocycles. The Labute approximate surface area is 205 Å². The fourth-order valence-corrected chi connectivity index (χ4v) is 5.79. The molecule has 2 heterocycles. The van der Waals surface area contributed by atoms with Gasteiger partial charge in [0.2, 0.25) is 10.0 Å². The van der Waals surface area contributed by atoms with Crippen molar-refractivity contribution in [1.29, 1.82) is 0 Å². The van der Waals surface area contributed by atoms with E-state index >= 15 is 0 Å². The van der Waals surface area contributed by atoms with Gasteiger partial charge in [-0.05, 0) is 62.1 Å². The molecule has 1 N–H and O–H groups in total. The summed E-state index contributed by atoms with van der Waals surface area (Å²) in [7, 11) is -3.55. The van der Waals surface area contributed by atoms with Crippen molar-refractivity contribution >= 4 is 33.5 Å². The van der Waals surface area contributed by atoms with Crippen LogP contribution in [0.5, 0.6) is 0 Å². The standard InChI is InChI=1S/C25H29N3O6S/c29-23(19-8-10-22(11-9-19)35(32,33)28-14-4-5-15-28)18-34-24(30)20-12-16-27(17-13-20)25(31)26-21-6-2-1-3-7-21/h1-3,6-11,20H,4-5,12-18H2,(H,26,31). The molecule has 0 bridgehead atoms. The highest BCUT2D eigenvalue weighted by atomic mass is 32.2. The Hall–Kier alpha value is -3.24. The number of urea groups is 1. The van der Waals surface area contributed by atoms with Crippen LogP contribution in [-0.4, -0.2) is 68.2 Å². The van der Waals surface area contributed by atoms with Crippen LogP contribution in [0, 0.1) is 5.92 Å². The molecule has 0 radical (unpaired) electrons. The van der Waals surface area contributed by atoms with E-state index in [1.54, 1.807) is 17.0 Å². The van der Waals surface area contributed by atoms with Gasteiger partial charge >= 0.3 is 12.0 Å². The normalized spacial score (nSPS) is 17.2. The second kappa shape index (κ2) is 11.0. The minimum Gasteiger partial charge on any atom is -0.457 e. The Morgan fingerprint density at radius 2 is 1.51 bits per heavy atom. The molecule has 2 saturated heterocycles. The van der Waals surface area contributed by atoms with Crippen molar-refractivity contribution in [2.75, 3.05) is 38.1 Å². The second-order valence-electron chi connectivity index (χ2n) is 8.72. The zero-order valence-electron chi connectivity index (χ0n) is 19.4. The average molecular weight is 500 g/mol. The first-order chi connectivity index (χ1) is 16.8. The molecule has 0 aliphatic carbocycles. The number of piperidine rings is 1. The van der Waals surface area contributed by atoms with Crippen LogP contribution in [0.2, 0.25) is 0 Å². The van der Waals surface area contributed by atoms with Crippen LogP contribution in [0.1, 0.15) is 36.0 Å². The third-order valence-corrected chi connectivity index (χ3v) is 8.28. The lowest BCUT2D eigenvalue weighted by Gasteiger charge is -2.30. The number of carbonyl (C=O) groups excluding carboxylic acids is 3. The SMILES string of the molecule is O=C(COC(=O)C1CCN(C(=O)Nc2ccccc2)CC1)c1ccc(S(=O)(=O)N2CCCC2)cc1. The van der Waals surface area contributed by atoms with Gasteiger partial charge in [0.05, 0.1) is 10.8 Å². The highest BCUT2D eigenvalue weighted by molar-refractivity contribution is 7.89. The molecule has 10 heteroatoms. The third kappa shape index (κ3) is 6.07. The summed E-state index contributed by atoms with van der Waals surface area (Å²) in [5, 5.41) is 2.83. The van der Waals surface area contributed by atoms with Gasteiger partial charge < -0.3 is 15.0 Å². The molecule has 35 heavy (non-hydrogen) atoms. The van der Waals surface area contributed by atoms with Gasteiger partial charge in [-0.2, -0.15) is 4.31 Å². The van der Waals surface area contributed by atoms with E-state index in [4.69, 9.17) is 4.74 Å². The lowest BCUT2D eigenvalue weighted by Crippen LogP contribution is -2.42. The average Bonchev–Trinajstić information content (AvgIpc) is 3.44. The quantitative estimate of drug-likeness (QED) is 0.463. The number of anilines is 1. The molecule has 0 aromatic heterocycles. The number of sulfonamides is 1. The number of nitrogens with one attached hydrogen (secondary N) is 1. The van der Waals surface area contributed by atoms with Crippen LogP contribution in [-0.2, 0) is 19.6 Å². The van der Waals surface area contributed by atoms with Gasteiger partial charge in [0.25, 0.3) is 0 Å². The maximum absolute atomic E-state index is 12.6. The number of Topliss-reactive ketones (excluding diaryl/α,β-unsaturated/α-hetero) is 1. The Balaban J connectivity index is 1.23. The van der Waals surface area contributed by atoms with Gasteiger partial charge in [-0.25, -0.2) is 13.2 Å². The summed E-state index contributed by atoms with van der Waals surface area (Å²) in [4.78, 5) is 39.1. The predicted molar refractivity (Wildman–Crippen MR) is 129 cm³/mol. The smallest absolute Gasteiger partial charge is 0.321 e. The zero-order chi connectivity index (χ0) is 24.8.